The van der Waals surface area contributed by atoms with Crippen LogP contribution in [-0.4, -0.2) is 46.8 Å². The zero-order valence-corrected chi connectivity index (χ0v) is 8.79. The van der Waals surface area contributed by atoms with Crippen LogP contribution in [0.3, 0.4) is 0 Å². The van der Waals surface area contributed by atoms with Crippen molar-refractivity contribution in [2.45, 2.75) is 13.7 Å². The van der Waals surface area contributed by atoms with Crippen molar-refractivity contribution in [1.29, 1.82) is 0 Å². The lowest BCUT2D eigenvalue weighted by Crippen LogP contribution is -2.78. The Bertz CT molecular complexity index is 163. The van der Waals surface area contributed by atoms with E-state index in [1.165, 1.54) is 0 Å². The highest BCUT2D eigenvalue weighted by Crippen LogP contribution is 1.91. The molecule has 0 aliphatic carbocycles. The Morgan fingerprint density at radius 1 is 1.31 bits per heavy atom. The van der Waals surface area contributed by atoms with E-state index in [1.807, 2.05) is 0 Å². The van der Waals surface area contributed by atoms with E-state index < -0.39 is 0 Å². The van der Waals surface area contributed by atoms with Crippen LogP contribution < -0.4 is 15.4 Å². The van der Waals surface area contributed by atoms with E-state index in [0.717, 1.165) is 6.54 Å². The SMILES string of the molecule is CCN(C)B1NB(C)NB(OC)N1. The van der Waals surface area contributed by atoms with Crippen molar-refractivity contribution in [3.63, 3.8) is 0 Å². The molecule has 1 rings (SSSR count). The molecule has 0 spiro atoms. The van der Waals surface area contributed by atoms with Gasteiger partial charge in [-0.25, -0.2) is 0 Å². The second-order valence-corrected chi connectivity index (χ2v) is 3.31. The molecule has 0 saturated carbocycles. The lowest BCUT2D eigenvalue weighted by Gasteiger charge is -2.34. The van der Waals surface area contributed by atoms with Gasteiger partial charge in [0.15, 0.2) is 0 Å². The quantitative estimate of drug-likeness (QED) is 0.461. The Morgan fingerprint density at radius 2 is 2.00 bits per heavy atom. The first kappa shape index (κ1) is 11.1. The molecule has 8 heteroatoms. The first-order valence-electron chi connectivity index (χ1n) is 4.68. The fraction of sp³-hybridized carbons (Fsp3) is 1.00. The molecular formula is C5H17B3N4O. The minimum absolute atomic E-state index is 0.0738. The van der Waals surface area contributed by atoms with Gasteiger partial charge in [-0.15, -0.1) is 0 Å². The molecule has 0 unspecified atom stereocenters. The monoisotopic (exact) mass is 182 g/mol. The summed E-state index contributed by atoms with van der Waals surface area (Å²) in [5.41, 5.74) is 0. The molecule has 1 saturated heterocycles. The predicted octanol–water partition coefficient (Wildman–Crippen LogP) is -1.55. The van der Waals surface area contributed by atoms with Gasteiger partial charge in [0.05, 0.1) is 0 Å². The van der Waals surface area contributed by atoms with Gasteiger partial charge in [-0.2, -0.15) is 0 Å². The topological polar surface area (TPSA) is 48.6 Å². The molecule has 5 nitrogen and oxygen atoms in total. The summed E-state index contributed by atoms with van der Waals surface area (Å²) in [6, 6.07) is 0. The smallest absolute Gasteiger partial charge is 0.412 e. The molecule has 72 valence electrons. The van der Waals surface area contributed by atoms with Crippen LogP contribution >= 0.6 is 0 Å². The third-order valence-electron chi connectivity index (χ3n) is 2.29. The largest absolute Gasteiger partial charge is 0.453 e. The molecule has 1 fully saturated rings. The Kier molecular flexibility index (Phi) is 4.28. The molecule has 0 aromatic carbocycles. The molecule has 0 aromatic rings. The van der Waals surface area contributed by atoms with Crippen LogP contribution in [0.2, 0.25) is 6.82 Å². The van der Waals surface area contributed by atoms with Crippen molar-refractivity contribution in [2.75, 3.05) is 20.7 Å². The summed E-state index contributed by atoms with van der Waals surface area (Å²) >= 11 is 0. The molecule has 1 heterocycles. The Hall–Kier alpha value is -0.00519. The maximum absolute atomic E-state index is 5.20. The summed E-state index contributed by atoms with van der Waals surface area (Å²) < 4.78 is 5.20. The van der Waals surface area contributed by atoms with E-state index in [-0.39, 0.29) is 21.3 Å². The Balaban J connectivity index is 2.46. The molecule has 0 radical (unpaired) electrons. The second-order valence-electron chi connectivity index (χ2n) is 3.31. The van der Waals surface area contributed by atoms with Gasteiger partial charge in [0.25, 0.3) is 6.98 Å². The highest BCUT2D eigenvalue weighted by Gasteiger charge is 2.35. The summed E-state index contributed by atoms with van der Waals surface area (Å²) in [5, 5.41) is 9.82. The maximum Gasteiger partial charge on any atom is 0.453 e. The van der Waals surface area contributed by atoms with Crippen molar-refractivity contribution >= 4 is 21.3 Å². The third-order valence-corrected chi connectivity index (χ3v) is 2.29. The van der Waals surface area contributed by atoms with E-state index >= 15 is 0 Å². The summed E-state index contributed by atoms with van der Waals surface area (Å²) in [6.07, 6.45) is 0. The van der Waals surface area contributed by atoms with Gasteiger partial charge in [-0.05, 0) is 13.6 Å². The molecule has 3 N–H and O–H groups in total. The molecular weight excluding hydrogens is 165 g/mol. The fourth-order valence-corrected chi connectivity index (χ4v) is 1.32. The van der Waals surface area contributed by atoms with Crippen LogP contribution in [0.4, 0.5) is 0 Å². The number of hydrogen-bond acceptors (Lipinski definition) is 5. The van der Waals surface area contributed by atoms with Crippen molar-refractivity contribution in [3.05, 3.63) is 0 Å². The number of nitrogens with one attached hydrogen (secondary N) is 3. The first-order valence-corrected chi connectivity index (χ1v) is 4.68. The first-order chi connectivity index (χ1) is 6.17. The molecule has 1 aliphatic rings. The maximum atomic E-state index is 5.20. The molecule has 13 heavy (non-hydrogen) atoms. The summed E-state index contributed by atoms with van der Waals surface area (Å²) in [5.74, 6) is 0. The van der Waals surface area contributed by atoms with Crippen LogP contribution in [0.15, 0.2) is 0 Å². The van der Waals surface area contributed by atoms with Crippen molar-refractivity contribution in [3.8, 4) is 0 Å². The van der Waals surface area contributed by atoms with Gasteiger partial charge < -0.3 is 24.9 Å². The van der Waals surface area contributed by atoms with Gasteiger partial charge in [-0.1, -0.05) is 13.7 Å². The van der Waals surface area contributed by atoms with E-state index in [9.17, 15) is 0 Å². The standard InChI is InChI=1S/C5H17B3N4O/c1-5-12(3)7-9-6(2)10-8(11-7)13-4/h9-11H,5H2,1-4H3. The average Bonchev–Trinajstić information content (AvgIpc) is 2.15. The predicted molar refractivity (Wildman–Crippen MR) is 57.8 cm³/mol. The molecule has 0 aromatic heterocycles. The van der Waals surface area contributed by atoms with E-state index in [1.54, 1.807) is 7.11 Å². The van der Waals surface area contributed by atoms with Gasteiger partial charge in [0.1, 0.15) is 0 Å². The zero-order valence-electron chi connectivity index (χ0n) is 8.79. The summed E-state index contributed by atoms with van der Waals surface area (Å²) in [7, 11) is 3.85. The van der Waals surface area contributed by atoms with Crippen LogP contribution in [-0.2, 0) is 4.65 Å². The van der Waals surface area contributed by atoms with Crippen molar-refractivity contribution in [1.82, 2.24) is 20.2 Å². The van der Waals surface area contributed by atoms with E-state index in [0.29, 0.717) is 0 Å². The van der Waals surface area contributed by atoms with Crippen LogP contribution in [0.25, 0.3) is 0 Å². The van der Waals surface area contributed by atoms with Crippen molar-refractivity contribution in [2.24, 2.45) is 0 Å². The van der Waals surface area contributed by atoms with Crippen molar-refractivity contribution < 1.29 is 4.65 Å². The highest BCUT2D eigenvalue weighted by molar-refractivity contribution is 6.83. The normalized spacial score (nSPS) is 18.7. The number of rotatable bonds is 3. The van der Waals surface area contributed by atoms with Crippen LogP contribution in [0, 0.1) is 0 Å². The average molecular weight is 182 g/mol. The Morgan fingerprint density at radius 3 is 2.54 bits per heavy atom. The Labute approximate surface area is 81.4 Å². The minimum Gasteiger partial charge on any atom is -0.412 e. The van der Waals surface area contributed by atoms with Gasteiger partial charge >= 0.3 is 14.3 Å². The summed E-state index contributed by atoms with van der Waals surface area (Å²) in [6.45, 7) is 5.44. The fourth-order valence-electron chi connectivity index (χ4n) is 1.32. The minimum atomic E-state index is -0.0738. The van der Waals surface area contributed by atoms with Gasteiger partial charge in [0.2, 0.25) is 0 Å². The molecule has 0 bridgehead atoms. The third kappa shape index (κ3) is 3.00. The lowest BCUT2D eigenvalue weighted by molar-refractivity contribution is 0.405. The van der Waals surface area contributed by atoms with Gasteiger partial charge in [-0.3, -0.25) is 0 Å². The number of nitrogens with zero attached hydrogens (tertiary/aromatic N) is 1. The molecule has 1 aliphatic heterocycles. The van der Waals surface area contributed by atoms with Crippen LogP contribution in [0.5, 0.6) is 0 Å². The number of hydrogen-bond donors (Lipinski definition) is 3. The van der Waals surface area contributed by atoms with E-state index in [2.05, 4.69) is 41.0 Å². The second kappa shape index (κ2) is 5.02. The summed E-state index contributed by atoms with van der Waals surface area (Å²) in [4.78, 5) is 2.18. The van der Waals surface area contributed by atoms with Crippen LogP contribution in [0.1, 0.15) is 6.92 Å². The van der Waals surface area contributed by atoms with Gasteiger partial charge in [0, 0.05) is 7.11 Å². The lowest BCUT2D eigenvalue weighted by atomic mass is 9.60. The van der Waals surface area contributed by atoms with E-state index in [4.69, 9.17) is 4.65 Å². The zero-order chi connectivity index (χ0) is 9.84. The molecule has 0 amide bonds. The molecule has 0 atom stereocenters. The highest BCUT2D eigenvalue weighted by atomic mass is 16.4.